The molecule has 1 unspecified atom stereocenters. The molecule has 2 spiro atoms. The van der Waals surface area contributed by atoms with Crippen molar-refractivity contribution in [2.24, 2.45) is 11.3 Å². The second-order valence-corrected chi connectivity index (χ2v) is 12.7. The number of allylic oxidation sites excluding steroid dienone is 1. The minimum Gasteiger partial charge on any atom is -0.359 e. The minimum absolute atomic E-state index is 0.0153. The number of hydrogen-bond donors (Lipinski definition) is 1. The van der Waals surface area contributed by atoms with Crippen LogP contribution in [0.4, 0.5) is 0 Å². The Kier molecular flexibility index (Phi) is 4.10. The van der Waals surface area contributed by atoms with E-state index in [9.17, 15) is 0 Å². The molecule has 2 heterocycles. The molecule has 8 rings (SSSR count). The predicted octanol–water partition coefficient (Wildman–Crippen LogP) is 7.20. The molecule has 3 saturated carbocycles. The van der Waals surface area contributed by atoms with Crippen molar-refractivity contribution < 1.29 is 4.74 Å². The second kappa shape index (κ2) is 6.86. The zero-order valence-electron chi connectivity index (χ0n) is 20.5. The van der Waals surface area contributed by atoms with E-state index in [1.807, 2.05) is 0 Å². The van der Waals surface area contributed by atoms with Gasteiger partial charge in [0.2, 0.25) is 0 Å². The maximum Gasteiger partial charge on any atom is 0.0974 e. The summed E-state index contributed by atoms with van der Waals surface area (Å²) >= 11 is 0. The molecule has 2 bridgehead atoms. The summed E-state index contributed by atoms with van der Waals surface area (Å²) in [5.74, 6) is 1.25. The van der Waals surface area contributed by atoms with E-state index in [1.54, 1.807) is 16.7 Å². The average Bonchev–Trinajstić information content (AvgIpc) is 3.52. The summed E-state index contributed by atoms with van der Waals surface area (Å²) < 4.78 is 7.47. The van der Waals surface area contributed by atoms with Crippen LogP contribution in [0, 0.1) is 11.3 Å². The fraction of sp³-hybridized carbons (Fsp3) is 0.562. The van der Waals surface area contributed by atoms with Crippen LogP contribution in [0.2, 0.25) is 0 Å². The van der Waals surface area contributed by atoms with Crippen LogP contribution >= 0.6 is 0 Å². The summed E-state index contributed by atoms with van der Waals surface area (Å²) in [6, 6.07) is 17.5. The third kappa shape index (κ3) is 2.70. The molecule has 0 aromatic heterocycles. The molecule has 6 aliphatic rings. The van der Waals surface area contributed by atoms with E-state index in [-0.39, 0.29) is 16.6 Å². The van der Waals surface area contributed by atoms with Crippen molar-refractivity contribution in [2.45, 2.75) is 100 Å². The highest BCUT2D eigenvalue weighted by Gasteiger charge is 2.66. The fourth-order valence-corrected chi connectivity index (χ4v) is 9.11. The Bertz CT molecular complexity index is 1240. The Balaban J connectivity index is 1.15. The zero-order valence-corrected chi connectivity index (χ0v) is 20.5. The second-order valence-electron chi connectivity index (χ2n) is 12.7. The lowest BCUT2D eigenvalue weighted by molar-refractivity contribution is -0.136. The Morgan fingerprint density at radius 3 is 2.68 bits per heavy atom. The van der Waals surface area contributed by atoms with Crippen molar-refractivity contribution >= 4 is 10.8 Å². The Morgan fingerprint density at radius 2 is 1.79 bits per heavy atom. The average molecular weight is 452 g/mol. The van der Waals surface area contributed by atoms with Crippen LogP contribution in [0.3, 0.4) is 0 Å². The highest BCUT2D eigenvalue weighted by Crippen LogP contribution is 2.69. The first-order valence-electron chi connectivity index (χ1n) is 13.9. The fourth-order valence-electron chi connectivity index (χ4n) is 9.11. The summed E-state index contributed by atoms with van der Waals surface area (Å²) in [4.78, 5) is 0. The van der Waals surface area contributed by atoms with Gasteiger partial charge in [0.25, 0.3) is 0 Å². The highest BCUT2D eigenvalue weighted by atomic mass is 16.5. The van der Waals surface area contributed by atoms with Gasteiger partial charge in [-0.05, 0) is 109 Å². The van der Waals surface area contributed by atoms with Gasteiger partial charge in [0, 0.05) is 12.1 Å². The lowest BCUT2D eigenvalue weighted by atomic mass is 9.58. The van der Waals surface area contributed by atoms with Gasteiger partial charge in [-0.1, -0.05) is 61.5 Å². The highest BCUT2D eigenvalue weighted by molar-refractivity contribution is 5.83. The van der Waals surface area contributed by atoms with Gasteiger partial charge in [-0.25, -0.2) is 0 Å². The van der Waals surface area contributed by atoms with Crippen molar-refractivity contribution in [1.82, 2.24) is 5.32 Å². The Labute approximate surface area is 203 Å². The quantitative estimate of drug-likeness (QED) is 0.533. The van der Waals surface area contributed by atoms with E-state index in [1.165, 1.54) is 75.0 Å². The van der Waals surface area contributed by atoms with Crippen LogP contribution in [0.25, 0.3) is 10.8 Å². The number of ether oxygens (including phenoxy) is 1. The lowest BCUT2D eigenvalue weighted by Crippen LogP contribution is -2.55. The summed E-state index contributed by atoms with van der Waals surface area (Å²) in [6.07, 6.45) is 17.9. The Morgan fingerprint density at radius 1 is 0.912 bits per heavy atom. The van der Waals surface area contributed by atoms with Crippen LogP contribution in [0.1, 0.15) is 82.6 Å². The molecule has 2 heteroatoms. The first-order valence-corrected chi connectivity index (χ1v) is 13.9. The SMILES string of the molecule is C[C@]12CC=C3C=C4CC[C@@H](NC5CC5)CC45CC[C@]3(O5)[C@@H]1CC[C@@H]2c1ccc2ccccc2c1. The lowest BCUT2D eigenvalue weighted by Gasteiger charge is -2.54. The topological polar surface area (TPSA) is 21.3 Å². The van der Waals surface area contributed by atoms with Gasteiger partial charge in [0.15, 0.2) is 0 Å². The first-order chi connectivity index (χ1) is 16.6. The summed E-state index contributed by atoms with van der Waals surface area (Å²) in [5.41, 5.74) is 4.97. The number of fused-ring (bicyclic) bond motifs is 2. The summed E-state index contributed by atoms with van der Waals surface area (Å²) in [5, 5.41) is 6.69. The molecule has 34 heavy (non-hydrogen) atoms. The largest absolute Gasteiger partial charge is 0.359 e. The minimum atomic E-state index is -0.0381. The van der Waals surface area contributed by atoms with Gasteiger partial charge in [-0.15, -0.1) is 0 Å². The van der Waals surface area contributed by atoms with Gasteiger partial charge in [0.05, 0.1) is 11.2 Å². The van der Waals surface area contributed by atoms with Crippen LogP contribution in [0.5, 0.6) is 0 Å². The summed E-state index contributed by atoms with van der Waals surface area (Å²) in [7, 11) is 0. The molecule has 6 atom stereocenters. The molecular formula is C32H37NO. The van der Waals surface area contributed by atoms with Crippen LogP contribution in [0.15, 0.2) is 65.8 Å². The van der Waals surface area contributed by atoms with Crippen LogP contribution in [-0.4, -0.2) is 23.3 Å². The molecule has 2 aromatic carbocycles. The van der Waals surface area contributed by atoms with E-state index in [0.29, 0.717) is 17.9 Å². The monoisotopic (exact) mass is 451 g/mol. The van der Waals surface area contributed by atoms with E-state index in [4.69, 9.17) is 4.74 Å². The number of nitrogens with one attached hydrogen (secondary N) is 1. The van der Waals surface area contributed by atoms with Crippen molar-refractivity contribution in [1.29, 1.82) is 0 Å². The van der Waals surface area contributed by atoms with Crippen molar-refractivity contribution in [3.8, 4) is 0 Å². The van der Waals surface area contributed by atoms with Gasteiger partial charge in [-0.3, -0.25) is 0 Å². The van der Waals surface area contributed by atoms with Gasteiger partial charge >= 0.3 is 0 Å². The molecule has 2 nitrogen and oxygen atoms in total. The molecule has 2 aliphatic heterocycles. The molecular weight excluding hydrogens is 414 g/mol. The third-order valence-electron chi connectivity index (χ3n) is 10.9. The van der Waals surface area contributed by atoms with Crippen molar-refractivity contribution in [3.05, 3.63) is 71.3 Å². The molecule has 4 fully saturated rings. The van der Waals surface area contributed by atoms with E-state index >= 15 is 0 Å². The summed E-state index contributed by atoms with van der Waals surface area (Å²) in [6.45, 7) is 2.60. The van der Waals surface area contributed by atoms with E-state index in [0.717, 1.165) is 6.04 Å². The Hall–Kier alpha value is -1.90. The van der Waals surface area contributed by atoms with Gasteiger partial charge in [0.1, 0.15) is 0 Å². The van der Waals surface area contributed by atoms with Crippen LogP contribution in [-0.2, 0) is 4.74 Å². The third-order valence-corrected chi connectivity index (χ3v) is 10.9. The molecule has 0 amide bonds. The molecule has 176 valence electrons. The standard InChI is InChI=1S/C32H37NO/c1-30-15-14-25-19-24-8-9-27(33-26-10-11-26)20-31(24)16-17-32(25,34-31)29(30)13-12-28(30)23-7-6-21-4-2-3-5-22(21)18-23/h2-7,14,18-19,26-29,33H,8-13,15-17,20H2,1H3/t27-,28-,29-,30-,31?,32-/m1/s1. The maximum atomic E-state index is 7.47. The molecule has 4 aliphatic carbocycles. The van der Waals surface area contributed by atoms with E-state index < -0.39 is 0 Å². The van der Waals surface area contributed by atoms with Crippen molar-refractivity contribution in [3.63, 3.8) is 0 Å². The first kappa shape index (κ1) is 20.3. The molecule has 1 N–H and O–H groups in total. The zero-order chi connectivity index (χ0) is 22.5. The van der Waals surface area contributed by atoms with E-state index in [2.05, 4.69) is 66.9 Å². The number of benzene rings is 2. The number of rotatable bonds is 3. The molecule has 0 radical (unpaired) electrons. The normalized spacial score (nSPS) is 42.6. The molecule has 1 saturated heterocycles. The maximum absolute atomic E-state index is 7.47. The smallest absolute Gasteiger partial charge is 0.0974 e. The van der Waals surface area contributed by atoms with Gasteiger partial charge in [-0.2, -0.15) is 0 Å². The number of hydrogen-bond acceptors (Lipinski definition) is 2. The van der Waals surface area contributed by atoms with Crippen molar-refractivity contribution in [2.75, 3.05) is 0 Å². The molecule has 2 aromatic rings. The van der Waals surface area contributed by atoms with Crippen LogP contribution < -0.4 is 5.32 Å². The van der Waals surface area contributed by atoms with Gasteiger partial charge < -0.3 is 10.1 Å². The predicted molar refractivity (Wildman–Crippen MR) is 138 cm³/mol.